The Balaban J connectivity index is 1.11. The van der Waals surface area contributed by atoms with Crippen molar-refractivity contribution in [3.63, 3.8) is 0 Å². The molecule has 12 rings (SSSR count). The largest absolute Gasteiger partial charge is 0.417 e. The molecule has 12 aromatic rings. The van der Waals surface area contributed by atoms with Crippen molar-refractivity contribution in [3.05, 3.63) is 229 Å². The van der Waals surface area contributed by atoms with Crippen molar-refractivity contribution in [2.75, 3.05) is 0 Å². The van der Waals surface area contributed by atoms with Gasteiger partial charge in [0.05, 0.1) is 67.6 Å². The Morgan fingerprint density at radius 2 is 0.857 bits per heavy atom. The normalized spacial score (nSPS) is 11.6. The molecule has 0 amide bonds. The number of nitrogens with zero attached hydrogens (tertiary/aromatic N) is 6. The number of rotatable bonds is 7. The molecule has 6 nitrogen and oxygen atoms in total. The van der Waals surface area contributed by atoms with Crippen molar-refractivity contribution in [2.24, 2.45) is 0 Å². The molecule has 4 heterocycles. The molecule has 0 saturated heterocycles. The maximum Gasteiger partial charge on any atom is 0.417 e. The minimum atomic E-state index is -4.83. The Labute approximate surface area is 399 Å². The fraction of sp³-hybridized carbons (Fsp3) is 0.0164. The molecule has 8 aromatic carbocycles. The van der Waals surface area contributed by atoms with Crippen LogP contribution in [-0.4, -0.2) is 19.1 Å². The zero-order valence-electron chi connectivity index (χ0n) is 37.0. The number of fused-ring (bicyclic) bond motifs is 6. The molecule has 0 spiro atoms. The fourth-order valence-corrected chi connectivity index (χ4v) is 9.99. The second-order valence-electron chi connectivity index (χ2n) is 17.1. The lowest BCUT2D eigenvalue weighted by atomic mass is 9.91. The molecule has 4 aromatic heterocycles. The zero-order chi connectivity index (χ0) is 47.5. The molecular formula is C61H35F3N6. The summed E-state index contributed by atoms with van der Waals surface area (Å²) in [5.74, 6) is 0. The molecule has 0 N–H and O–H groups in total. The van der Waals surface area contributed by atoms with Crippen molar-refractivity contribution in [3.8, 4) is 79.4 Å². The quantitative estimate of drug-likeness (QED) is 0.159. The van der Waals surface area contributed by atoms with Gasteiger partial charge in [-0.1, -0.05) is 115 Å². The van der Waals surface area contributed by atoms with Crippen LogP contribution in [0.1, 0.15) is 16.7 Å². The number of hydrogen-bond donors (Lipinski definition) is 0. The summed E-state index contributed by atoms with van der Waals surface area (Å²) in [5.41, 5.74) is 9.98. The predicted molar refractivity (Wildman–Crippen MR) is 272 cm³/mol. The third kappa shape index (κ3) is 6.96. The van der Waals surface area contributed by atoms with Gasteiger partial charge in [-0.25, -0.2) is 0 Å². The molecule has 0 atom stereocenters. The monoisotopic (exact) mass is 908 g/mol. The summed E-state index contributed by atoms with van der Waals surface area (Å²) in [6.45, 7) is 0. The van der Waals surface area contributed by atoms with E-state index in [0.717, 1.165) is 83.4 Å². The van der Waals surface area contributed by atoms with E-state index in [-0.39, 0.29) is 22.3 Å². The van der Waals surface area contributed by atoms with E-state index in [2.05, 4.69) is 40.3 Å². The van der Waals surface area contributed by atoms with E-state index in [1.54, 1.807) is 24.5 Å². The lowest BCUT2D eigenvalue weighted by Crippen LogP contribution is -2.11. The molecule has 0 aliphatic heterocycles. The number of pyridine rings is 2. The molecule has 9 heteroatoms. The van der Waals surface area contributed by atoms with Crippen molar-refractivity contribution < 1.29 is 13.2 Å². The van der Waals surface area contributed by atoms with E-state index in [1.807, 2.05) is 161 Å². The van der Waals surface area contributed by atoms with Gasteiger partial charge in [-0.05, 0) is 107 Å². The fourth-order valence-electron chi connectivity index (χ4n) is 9.99. The Bertz CT molecular complexity index is 4140. The van der Waals surface area contributed by atoms with Crippen LogP contribution in [0.4, 0.5) is 13.2 Å². The summed E-state index contributed by atoms with van der Waals surface area (Å²) in [7, 11) is 0. The second-order valence-corrected chi connectivity index (χ2v) is 17.1. The van der Waals surface area contributed by atoms with Gasteiger partial charge >= 0.3 is 6.18 Å². The minimum Gasteiger partial charge on any atom is -0.309 e. The number of halogens is 3. The molecule has 0 fully saturated rings. The van der Waals surface area contributed by atoms with Crippen molar-refractivity contribution in [1.82, 2.24) is 19.1 Å². The molecule has 70 heavy (non-hydrogen) atoms. The third-order valence-corrected chi connectivity index (χ3v) is 13.1. The predicted octanol–water partition coefficient (Wildman–Crippen LogP) is 15.8. The summed E-state index contributed by atoms with van der Waals surface area (Å²) in [6, 6.07) is 67.1. The van der Waals surface area contributed by atoms with Crippen LogP contribution in [0.3, 0.4) is 0 Å². The maximum atomic E-state index is 15.4. The number of hydrogen-bond acceptors (Lipinski definition) is 4. The van der Waals surface area contributed by atoms with Crippen LogP contribution in [-0.2, 0) is 6.18 Å². The average molecular weight is 909 g/mol. The van der Waals surface area contributed by atoms with Gasteiger partial charge in [0.25, 0.3) is 0 Å². The van der Waals surface area contributed by atoms with Crippen LogP contribution in [0.25, 0.3) is 111 Å². The van der Waals surface area contributed by atoms with E-state index >= 15 is 13.2 Å². The lowest BCUT2D eigenvalue weighted by molar-refractivity contribution is -0.137. The maximum absolute atomic E-state index is 15.4. The molecule has 330 valence electrons. The molecular weight excluding hydrogens is 874 g/mol. The van der Waals surface area contributed by atoms with Crippen LogP contribution in [0, 0.1) is 22.7 Å². The number of alkyl halides is 3. The van der Waals surface area contributed by atoms with Gasteiger partial charge in [0, 0.05) is 56.2 Å². The second kappa shape index (κ2) is 16.6. The van der Waals surface area contributed by atoms with Crippen LogP contribution in [0.15, 0.2) is 213 Å². The highest BCUT2D eigenvalue weighted by atomic mass is 19.4. The first-order chi connectivity index (χ1) is 34.3. The van der Waals surface area contributed by atoms with Crippen LogP contribution in [0.5, 0.6) is 0 Å². The van der Waals surface area contributed by atoms with Crippen LogP contribution in [0.2, 0.25) is 0 Å². The molecule has 0 saturated carbocycles. The van der Waals surface area contributed by atoms with Gasteiger partial charge in [-0.2, -0.15) is 23.7 Å². The molecule has 0 unspecified atom stereocenters. The zero-order valence-corrected chi connectivity index (χ0v) is 37.0. The topological polar surface area (TPSA) is 83.2 Å². The highest BCUT2D eigenvalue weighted by Crippen LogP contribution is 2.46. The van der Waals surface area contributed by atoms with Gasteiger partial charge < -0.3 is 9.13 Å². The lowest BCUT2D eigenvalue weighted by Gasteiger charge is -2.22. The third-order valence-electron chi connectivity index (χ3n) is 13.1. The van der Waals surface area contributed by atoms with Gasteiger partial charge in [0.15, 0.2) is 0 Å². The summed E-state index contributed by atoms with van der Waals surface area (Å²) in [4.78, 5) is 9.27. The van der Waals surface area contributed by atoms with Crippen molar-refractivity contribution in [1.29, 1.82) is 10.5 Å². The SMILES string of the molecule is N#Cc1cc(-n2c3ccccc3c3cc(-c4ccnc(-c5ccccc5)c4)ccc32)c(-c2c(C#N)cccc2C(F)(F)F)cc1-n1c2ccccc2c2cc(-c3ccnc(-c4ccccc4)c3)ccc21. The standard InChI is InChI=1S/C61H35F3N6/c62-61(63,64)51-19-11-16-44(36-65)60(51)50-35-58(69-54-20-9-7-17-46(54)48-30-40(22-24-56(48)69)42-26-28-67-52(32-42)38-12-3-1-4-13-38)45(37-66)34-59(50)70-55-21-10-8-18-47(55)49-31-41(23-25-57(49)70)43-27-29-68-53(33-43)39-14-5-2-6-15-39/h1-35H. The molecule has 0 radical (unpaired) electrons. The van der Waals surface area contributed by atoms with E-state index in [0.29, 0.717) is 22.4 Å². The Hall–Kier alpha value is -9.57. The van der Waals surface area contributed by atoms with E-state index in [9.17, 15) is 10.5 Å². The number of aromatic nitrogens is 4. The van der Waals surface area contributed by atoms with Crippen LogP contribution >= 0.6 is 0 Å². The first kappa shape index (κ1) is 41.8. The number of nitriles is 2. The van der Waals surface area contributed by atoms with Crippen molar-refractivity contribution in [2.45, 2.75) is 6.18 Å². The van der Waals surface area contributed by atoms with Gasteiger partial charge in [-0.3, -0.25) is 9.97 Å². The number of para-hydroxylation sites is 2. The molecule has 0 aliphatic rings. The Morgan fingerprint density at radius 3 is 1.37 bits per heavy atom. The molecule has 0 bridgehead atoms. The van der Waals surface area contributed by atoms with E-state index < -0.39 is 11.7 Å². The Morgan fingerprint density at radius 1 is 0.386 bits per heavy atom. The summed E-state index contributed by atoms with van der Waals surface area (Å²) in [6.07, 6.45) is -1.25. The van der Waals surface area contributed by atoms with Gasteiger partial charge in [-0.15, -0.1) is 0 Å². The molecule has 0 aliphatic carbocycles. The summed E-state index contributed by atoms with van der Waals surface area (Å²) in [5, 5.41) is 25.3. The van der Waals surface area contributed by atoms with Crippen LogP contribution < -0.4 is 0 Å². The minimum absolute atomic E-state index is 0.139. The first-order valence-corrected chi connectivity index (χ1v) is 22.6. The smallest absolute Gasteiger partial charge is 0.309 e. The van der Waals surface area contributed by atoms with E-state index in [4.69, 9.17) is 0 Å². The number of benzene rings is 8. The summed E-state index contributed by atoms with van der Waals surface area (Å²) >= 11 is 0. The van der Waals surface area contributed by atoms with E-state index in [1.165, 1.54) is 12.1 Å². The first-order valence-electron chi connectivity index (χ1n) is 22.6. The van der Waals surface area contributed by atoms with Crippen molar-refractivity contribution >= 4 is 43.6 Å². The van der Waals surface area contributed by atoms with Gasteiger partial charge in [0.1, 0.15) is 6.07 Å². The van der Waals surface area contributed by atoms with Gasteiger partial charge in [0.2, 0.25) is 0 Å². The average Bonchev–Trinajstić information content (AvgIpc) is 3.92. The highest BCUT2D eigenvalue weighted by Gasteiger charge is 2.36. The Kier molecular flexibility index (Phi) is 9.94. The highest BCUT2D eigenvalue weighted by molar-refractivity contribution is 6.13. The summed E-state index contributed by atoms with van der Waals surface area (Å²) < 4.78 is 50.1.